The Morgan fingerprint density at radius 1 is 1.41 bits per heavy atom. The zero-order valence-electron chi connectivity index (χ0n) is 9.61. The molecule has 0 aliphatic heterocycles. The van der Waals surface area contributed by atoms with Crippen LogP contribution in [0.3, 0.4) is 0 Å². The van der Waals surface area contributed by atoms with Crippen molar-refractivity contribution in [3.05, 3.63) is 23.8 Å². The molecule has 0 N–H and O–H groups in total. The number of alkyl halides is 1. The van der Waals surface area contributed by atoms with Crippen molar-refractivity contribution in [1.82, 2.24) is 0 Å². The Morgan fingerprint density at radius 3 is 2.53 bits per heavy atom. The molecule has 0 bridgehead atoms. The Labute approximate surface area is 105 Å². The molecule has 0 aliphatic carbocycles. The quantitative estimate of drug-likeness (QED) is 0.779. The van der Waals surface area contributed by atoms with Crippen LogP contribution in [0.1, 0.15) is 25.3 Å². The summed E-state index contributed by atoms with van der Waals surface area (Å²) in [6, 6.07) is 4.31. The van der Waals surface area contributed by atoms with E-state index in [1.807, 2.05) is 13.8 Å². The fraction of sp³-hybridized carbons (Fsp3) is 0.455. The van der Waals surface area contributed by atoms with E-state index in [9.17, 15) is 12.8 Å². The smallest absolute Gasteiger partial charge is 0.261 e. The molecular weight excluding hydrogens is 267 g/mol. The second-order valence-corrected chi connectivity index (χ2v) is 6.40. The lowest BCUT2D eigenvalue weighted by atomic mass is 10.0. The number of ether oxygens (including phenoxy) is 1. The van der Waals surface area contributed by atoms with Gasteiger partial charge in [-0.15, -0.1) is 0 Å². The molecule has 0 saturated carbocycles. The van der Waals surface area contributed by atoms with Crippen LogP contribution in [-0.4, -0.2) is 21.7 Å². The Morgan fingerprint density at radius 2 is 2.06 bits per heavy atom. The predicted octanol–water partition coefficient (Wildman–Crippen LogP) is 3.09. The largest absolute Gasteiger partial charge is 0.491 e. The monoisotopic (exact) mass is 280 g/mol. The van der Waals surface area contributed by atoms with Crippen molar-refractivity contribution in [2.45, 2.75) is 24.7 Å². The summed E-state index contributed by atoms with van der Waals surface area (Å²) in [7, 11) is 1.51. The summed E-state index contributed by atoms with van der Waals surface area (Å²) in [5.74, 6) is 0.546. The van der Waals surface area contributed by atoms with Crippen LogP contribution < -0.4 is 4.74 Å². The van der Waals surface area contributed by atoms with Crippen LogP contribution in [0.2, 0.25) is 0 Å². The fourth-order valence-electron chi connectivity index (χ4n) is 1.41. The molecule has 0 heterocycles. The topological polar surface area (TPSA) is 43.4 Å². The normalized spacial score (nSPS) is 11.8. The first-order valence-electron chi connectivity index (χ1n) is 5.13. The first-order chi connectivity index (χ1) is 7.86. The molecule has 0 fully saturated rings. The van der Waals surface area contributed by atoms with E-state index < -0.39 is 15.7 Å². The molecule has 0 atom stereocenters. The van der Waals surface area contributed by atoms with Gasteiger partial charge in [0.25, 0.3) is 9.05 Å². The Balaban J connectivity index is 3.18. The van der Waals surface area contributed by atoms with Crippen molar-refractivity contribution in [1.29, 1.82) is 0 Å². The lowest BCUT2D eigenvalue weighted by Gasteiger charge is -2.14. The number of hydrogen-bond acceptors (Lipinski definition) is 3. The van der Waals surface area contributed by atoms with Crippen LogP contribution in [0.5, 0.6) is 5.75 Å². The molecule has 0 aromatic heterocycles. The summed E-state index contributed by atoms with van der Waals surface area (Å²) in [5, 5.41) is 0. The average molecular weight is 281 g/mol. The molecule has 0 spiro atoms. The third-order valence-electron chi connectivity index (χ3n) is 2.22. The maximum Gasteiger partial charge on any atom is 0.261 e. The first-order valence-corrected chi connectivity index (χ1v) is 7.44. The minimum atomic E-state index is -3.75. The van der Waals surface area contributed by atoms with Gasteiger partial charge in [-0.25, -0.2) is 12.8 Å². The van der Waals surface area contributed by atoms with Gasteiger partial charge in [-0.3, -0.25) is 0 Å². The predicted molar refractivity (Wildman–Crippen MR) is 65.0 cm³/mol. The van der Waals surface area contributed by atoms with E-state index in [0.29, 0.717) is 11.3 Å². The van der Waals surface area contributed by atoms with E-state index in [1.165, 1.54) is 18.2 Å². The van der Waals surface area contributed by atoms with Crippen molar-refractivity contribution in [2.24, 2.45) is 0 Å². The highest BCUT2D eigenvalue weighted by atomic mass is 35.7. The summed E-state index contributed by atoms with van der Waals surface area (Å²) in [5.41, 5.74) is 0.695. The Kier molecular flexibility index (Phi) is 4.77. The Hall–Kier alpha value is -0.810. The van der Waals surface area contributed by atoms with E-state index in [1.54, 1.807) is 0 Å². The zero-order valence-corrected chi connectivity index (χ0v) is 11.2. The molecular formula is C11H14ClFO3S. The number of halogens is 2. The highest BCUT2D eigenvalue weighted by Gasteiger charge is 2.15. The molecule has 0 saturated heterocycles. The molecule has 6 heteroatoms. The minimum absolute atomic E-state index is 0.0236. The van der Waals surface area contributed by atoms with Gasteiger partial charge < -0.3 is 4.74 Å². The van der Waals surface area contributed by atoms with E-state index in [2.05, 4.69) is 0 Å². The molecule has 1 aromatic carbocycles. The fourth-order valence-corrected chi connectivity index (χ4v) is 2.20. The van der Waals surface area contributed by atoms with Crippen LogP contribution >= 0.6 is 10.7 Å². The number of benzene rings is 1. The van der Waals surface area contributed by atoms with Crippen molar-refractivity contribution >= 4 is 19.7 Å². The second-order valence-electron chi connectivity index (χ2n) is 3.83. The van der Waals surface area contributed by atoms with Crippen molar-refractivity contribution < 1.29 is 17.5 Å². The number of hydrogen-bond donors (Lipinski definition) is 0. The molecule has 3 nitrogen and oxygen atoms in total. The van der Waals surface area contributed by atoms with E-state index in [4.69, 9.17) is 15.4 Å². The summed E-state index contributed by atoms with van der Waals surface area (Å²) in [6.07, 6.45) is 0. The van der Waals surface area contributed by atoms with Crippen LogP contribution in [-0.2, 0) is 9.05 Å². The van der Waals surface area contributed by atoms with Gasteiger partial charge in [0, 0.05) is 10.7 Å². The number of rotatable bonds is 5. The van der Waals surface area contributed by atoms with Crippen LogP contribution in [0, 0.1) is 0 Å². The SMILES string of the molecule is CC(C)c1cc(S(=O)(=O)Cl)ccc1OCCF. The molecule has 0 unspecified atom stereocenters. The van der Waals surface area contributed by atoms with Gasteiger partial charge in [0.2, 0.25) is 0 Å². The van der Waals surface area contributed by atoms with Crippen molar-refractivity contribution in [3.63, 3.8) is 0 Å². The molecule has 1 aromatic rings. The molecule has 17 heavy (non-hydrogen) atoms. The third kappa shape index (κ3) is 3.85. The van der Waals surface area contributed by atoms with Crippen LogP contribution in [0.25, 0.3) is 0 Å². The Bertz CT molecular complexity index is 485. The lowest BCUT2D eigenvalue weighted by molar-refractivity contribution is 0.270. The van der Waals surface area contributed by atoms with Crippen molar-refractivity contribution in [3.8, 4) is 5.75 Å². The van der Waals surface area contributed by atoms with E-state index in [-0.39, 0.29) is 17.4 Å². The highest BCUT2D eigenvalue weighted by molar-refractivity contribution is 8.13. The summed E-state index contributed by atoms with van der Waals surface area (Å²) >= 11 is 0. The molecule has 0 aliphatic rings. The van der Waals surface area contributed by atoms with Gasteiger partial charge in [-0.05, 0) is 29.7 Å². The van der Waals surface area contributed by atoms with Crippen LogP contribution in [0.15, 0.2) is 23.1 Å². The standard InChI is InChI=1S/C11H14ClFO3S/c1-8(2)10-7-9(17(12,14)15)3-4-11(10)16-6-5-13/h3-4,7-8H,5-6H2,1-2H3. The first kappa shape index (κ1) is 14.3. The molecule has 1 rings (SSSR count). The maximum absolute atomic E-state index is 12.0. The van der Waals surface area contributed by atoms with E-state index >= 15 is 0 Å². The van der Waals surface area contributed by atoms with E-state index in [0.717, 1.165) is 0 Å². The summed E-state index contributed by atoms with van der Waals surface area (Å²) < 4.78 is 39.6. The van der Waals surface area contributed by atoms with Gasteiger partial charge in [-0.1, -0.05) is 13.8 Å². The van der Waals surface area contributed by atoms with Gasteiger partial charge in [0.15, 0.2) is 0 Å². The maximum atomic E-state index is 12.0. The zero-order chi connectivity index (χ0) is 13.1. The van der Waals surface area contributed by atoms with Crippen LogP contribution in [0.4, 0.5) is 4.39 Å². The van der Waals surface area contributed by atoms with Crippen molar-refractivity contribution in [2.75, 3.05) is 13.3 Å². The summed E-state index contributed by atoms with van der Waals surface area (Å²) in [6.45, 7) is 3.14. The minimum Gasteiger partial charge on any atom is -0.491 e. The second kappa shape index (κ2) is 5.69. The van der Waals surface area contributed by atoms with Gasteiger partial charge in [-0.2, -0.15) is 0 Å². The summed E-state index contributed by atoms with van der Waals surface area (Å²) in [4.78, 5) is 0.0236. The third-order valence-corrected chi connectivity index (χ3v) is 3.57. The molecule has 0 amide bonds. The lowest BCUT2D eigenvalue weighted by Crippen LogP contribution is -2.04. The van der Waals surface area contributed by atoms with Gasteiger partial charge in [0.1, 0.15) is 19.0 Å². The van der Waals surface area contributed by atoms with Gasteiger partial charge in [0.05, 0.1) is 4.90 Å². The average Bonchev–Trinajstić information content (AvgIpc) is 2.24. The van der Waals surface area contributed by atoms with Gasteiger partial charge >= 0.3 is 0 Å². The molecule has 0 radical (unpaired) electrons. The highest BCUT2D eigenvalue weighted by Crippen LogP contribution is 2.30. The molecule has 96 valence electrons.